The van der Waals surface area contributed by atoms with Gasteiger partial charge >= 0.3 is 5.69 Å². The number of carbonyl (C=O) groups is 1. The molecule has 0 spiro atoms. The summed E-state index contributed by atoms with van der Waals surface area (Å²) >= 11 is 1.17. The lowest BCUT2D eigenvalue weighted by Crippen LogP contribution is -2.39. The summed E-state index contributed by atoms with van der Waals surface area (Å²) in [5.41, 5.74) is -0.593. The SMILES string of the molecule is CCOc1ccc(-n2c(=O)c3sccc3n(CC(=O)c3cccc([N+](=O)[O-])c3)c2=O)cc1. The molecular formula is C22H17N3O6S. The molecule has 32 heavy (non-hydrogen) atoms. The van der Waals surface area contributed by atoms with E-state index in [2.05, 4.69) is 0 Å². The lowest BCUT2D eigenvalue weighted by atomic mass is 10.1. The van der Waals surface area contributed by atoms with Gasteiger partial charge in [0, 0.05) is 17.7 Å². The van der Waals surface area contributed by atoms with Crippen LogP contribution in [0.25, 0.3) is 15.9 Å². The molecule has 0 aliphatic carbocycles. The molecule has 0 N–H and O–H groups in total. The second-order valence-corrected chi connectivity index (χ2v) is 7.72. The summed E-state index contributed by atoms with van der Waals surface area (Å²) in [5, 5.41) is 12.7. The van der Waals surface area contributed by atoms with E-state index >= 15 is 0 Å². The van der Waals surface area contributed by atoms with Crippen LogP contribution in [0.1, 0.15) is 17.3 Å². The molecule has 0 radical (unpaired) electrons. The molecular weight excluding hydrogens is 434 g/mol. The van der Waals surface area contributed by atoms with Gasteiger partial charge in [0.15, 0.2) is 5.78 Å². The highest BCUT2D eigenvalue weighted by Gasteiger charge is 2.19. The standard InChI is InChI=1S/C22H17N3O6S/c1-2-31-17-8-6-15(7-9-17)24-21(27)20-18(10-11-32-20)23(22(24)28)13-19(26)14-4-3-5-16(12-14)25(29)30/h3-12H,2,13H2,1H3. The Morgan fingerprint density at radius 2 is 1.88 bits per heavy atom. The fourth-order valence-electron chi connectivity index (χ4n) is 3.35. The largest absolute Gasteiger partial charge is 0.494 e. The van der Waals surface area contributed by atoms with Crippen molar-refractivity contribution < 1.29 is 14.5 Å². The first kappa shape index (κ1) is 21.2. The van der Waals surface area contributed by atoms with Gasteiger partial charge in [-0.2, -0.15) is 0 Å². The average molecular weight is 451 g/mol. The second-order valence-electron chi connectivity index (χ2n) is 6.80. The van der Waals surface area contributed by atoms with Crippen LogP contribution in [-0.4, -0.2) is 26.4 Å². The molecule has 0 amide bonds. The zero-order valence-electron chi connectivity index (χ0n) is 16.9. The molecule has 2 aromatic heterocycles. The number of fused-ring (bicyclic) bond motifs is 1. The van der Waals surface area contributed by atoms with Gasteiger partial charge in [-0.1, -0.05) is 12.1 Å². The molecule has 2 aromatic carbocycles. The van der Waals surface area contributed by atoms with Gasteiger partial charge in [0.1, 0.15) is 10.4 Å². The highest BCUT2D eigenvalue weighted by atomic mass is 32.1. The van der Waals surface area contributed by atoms with Crippen molar-refractivity contribution in [3.8, 4) is 11.4 Å². The number of nitro groups is 1. The Kier molecular flexibility index (Phi) is 5.69. The molecule has 0 aliphatic rings. The molecule has 0 fully saturated rings. The predicted octanol–water partition coefficient (Wildman–Crippen LogP) is 3.40. The lowest BCUT2D eigenvalue weighted by molar-refractivity contribution is -0.384. The molecule has 0 unspecified atom stereocenters. The van der Waals surface area contributed by atoms with Crippen LogP contribution in [0.2, 0.25) is 0 Å². The molecule has 4 rings (SSSR count). The Bertz CT molecular complexity index is 1450. The monoisotopic (exact) mass is 451 g/mol. The third-order valence-electron chi connectivity index (χ3n) is 4.84. The molecule has 162 valence electrons. The van der Waals surface area contributed by atoms with Crippen molar-refractivity contribution >= 4 is 33.0 Å². The van der Waals surface area contributed by atoms with E-state index in [4.69, 9.17) is 4.74 Å². The van der Waals surface area contributed by atoms with Gasteiger partial charge in [0.25, 0.3) is 11.2 Å². The van der Waals surface area contributed by atoms with Crippen molar-refractivity contribution in [2.75, 3.05) is 6.61 Å². The van der Waals surface area contributed by atoms with Crippen LogP contribution in [0.5, 0.6) is 5.75 Å². The van der Waals surface area contributed by atoms with Gasteiger partial charge in [-0.3, -0.25) is 24.3 Å². The smallest absolute Gasteiger partial charge is 0.336 e. The number of carbonyl (C=O) groups excluding carboxylic acids is 1. The molecule has 0 bridgehead atoms. The van der Waals surface area contributed by atoms with Crippen molar-refractivity contribution in [3.63, 3.8) is 0 Å². The van der Waals surface area contributed by atoms with E-state index in [1.165, 1.54) is 40.2 Å². The van der Waals surface area contributed by atoms with Crippen molar-refractivity contribution in [3.05, 3.63) is 96.5 Å². The van der Waals surface area contributed by atoms with Crippen molar-refractivity contribution in [1.29, 1.82) is 0 Å². The van der Waals surface area contributed by atoms with E-state index < -0.39 is 22.0 Å². The lowest BCUT2D eigenvalue weighted by Gasteiger charge is -2.12. The predicted molar refractivity (Wildman–Crippen MR) is 120 cm³/mol. The van der Waals surface area contributed by atoms with Gasteiger partial charge in [-0.15, -0.1) is 11.3 Å². The number of benzene rings is 2. The summed E-state index contributed by atoms with van der Waals surface area (Å²) < 4.78 is 7.95. The molecule has 10 heteroatoms. The van der Waals surface area contributed by atoms with Gasteiger partial charge in [-0.05, 0) is 42.6 Å². The molecule has 0 saturated heterocycles. The third-order valence-corrected chi connectivity index (χ3v) is 5.73. The number of aromatic nitrogens is 2. The number of hydrogen-bond donors (Lipinski definition) is 0. The molecule has 0 atom stereocenters. The van der Waals surface area contributed by atoms with E-state index in [1.807, 2.05) is 6.92 Å². The zero-order chi connectivity index (χ0) is 22.8. The number of Topliss-reactive ketones (excluding diaryl/α,β-unsaturated/α-hetero) is 1. The maximum atomic E-state index is 13.3. The maximum Gasteiger partial charge on any atom is 0.336 e. The highest BCUT2D eigenvalue weighted by molar-refractivity contribution is 7.17. The van der Waals surface area contributed by atoms with E-state index in [1.54, 1.807) is 35.7 Å². The van der Waals surface area contributed by atoms with Crippen LogP contribution < -0.4 is 16.0 Å². The number of non-ortho nitro benzene ring substituents is 1. The Morgan fingerprint density at radius 3 is 2.56 bits per heavy atom. The van der Waals surface area contributed by atoms with Crippen LogP contribution in [-0.2, 0) is 6.54 Å². The Morgan fingerprint density at radius 1 is 1.12 bits per heavy atom. The van der Waals surface area contributed by atoms with E-state index in [9.17, 15) is 24.5 Å². The summed E-state index contributed by atoms with van der Waals surface area (Å²) in [5.74, 6) is 0.114. The second kappa shape index (κ2) is 8.60. The zero-order valence-corrected chi connectivity index (χ0v) is 17.7. The van der Waals surface area contributed by atoms with Crippen LogP contribution in [0.4, 0.5) is 5.69 Å². The topological polar surface area (TPSA) is 113 Å². The van der Waals surface area contributed by atoms with E-state index in [0.717, 1.165) is 4.57 Å². The maximum absolute atomic E-state index is 13.3. The molecule has 4 aromatic rings. The van der Waals surface area contributed by atoms with Crippen molar-refractivity contribution in [2.45, 2.75) is 13.5 Å². The quantitative estimate of drug-likeness (QED) is 0.242. The summed E-state index contributed by atoms with van der Waals surface area (Å²) in [6.45, 7) is 1.96. The fourth-order valence-corrected chi connectivity index (χ4v) is 4.18. The normalized spacial score (nSPS) is 10.9. The van der Waals surface area contributed by atoms with Crippen molar-refractivity contribution in [2.24, 2.45) is 0 Å². The van der Waals surface area contributed by atoms with Gasteiger partial charge < -0.3 is 4.74 Å². The summed E-state index contributed by atoms with van der Waals surface area (Å²) in [6, 6.07) is 13.4. The van der Waals surface area contributed by atoms with E-state index in [0.29, 0.717) is 28.3 Å². The average Bonchev–Trinajstić information content (AvgIpc) is 3.28. The van der Waals surface area contributed by atoms with Crippen LogP contribution in [0, 0.1) is 10.1 Å². The number of nitrogens with zero attached hydrogens (tertiary/aromatic N) is 3. The van der Waals surface area contributed by atoms with Crippen molar-refractivity contribution in [1.82, 2.24) is 9.13 Å². The number of rotatable bonds is 7. The molecule has 2 heterocycles. The minimum absolute atomic E-state index is 0.105. The molecule has 9 nitrogen and oxygen atoms in total. The third kappa shape index (κ3) is 3.83. The van der Waals surface area contributed by atoms with Gasteiger partial charge in [-0.25, -0.2) is 9.36 Å². The highest BCUT2D eigenvalue weighted by Crippen LogP contribution is 2.19. The first-order chi connectivity index (χ1) is 15.4. The summed E-state index contributed by atoms with van der Waals surface area (Å²) in [6.07, 6.45) is 0. The van der Waals surface area contributed by atoms with E-state index in [-0.39, 0.29) is 17.8 Å². The van der Waals surface area contributed by atoms with Gasteiger partial charge in [0.05, 0.1) is 29.3 Å². The number of nitro benzene ring substituents is 1. The van der Waals surface area contributed by atoms with Crippen LogP contribution in [0.15, 0.2) is 69.6 Å². The summed E-state index contributed by atoms with van der Waals surface area (Å²) in [4.78, 5) is 49.6. The summed E-state index contributed by atoms with van der Waals surface area (Å²) in [7, 11) is 0. The first-order valence-electron chi connectivity index (χ1n) is 9.64. The van der Waals surface area contributed by atoms with Crippen LogP contribution >= 0.6 is 11.3 Å². The molecule has 0 saturated carbocycles. The first-order valence-corrected chi connectivity index (χ1v) is 10.5. The van der Waals surface area contributed by atoms with Gasteiger partial charge in [0.2, 0.25) is 0 Å². The minimum atomic E-state index is -0.677. The van der Waals surface area contributed by atoms with Crippen LogP contribution in [0.3, 0.4) is 0 Å². The Balaban J connectivity index is 1.82. The Labute approximate surface area is 184 Å². The number of thiophene rings is 1. The Hall–Kier alpha value is -4.05. The number of ketones is 1. The number of hydrogen-bond acceptors (Lipinski definition) is 7. The fraction of sp³-hybridized carbons (Fsp3) is 0.136. The number of ether oxygens (including phenoxy) is 1. The molecule has 0 aliphatic heterocycles. The minimum Gasteiger partial charge on any atom is -0.494 e.